The molecule has 7 heteroatoms. The number of guanidine groups is 1. The summed E-state index contributed by atoms with van der Waals surface area (Å²) in [6.07, 6.45) is 2.90. The highest BCUT2D eigenvalue weighted by Crippen LogP contribution is 2.27. The lowest BCUT2D eigenvalue weighted by Crippen LogP contribution is -2.24. The van der Waals surface area contributed by atoms with Crippen molar-refractivity contribution >= 4 is 27.3 Å². The number of hydrogen-bond donors (Lipinski definition) is 2. The molecule has 0 saturated heterocycles. The molecule has 0 fully saturated rings. The Morgan fingerprint density at radius 2 is 1.81 bits per heavy atom. The van der Waals surface area contributed by atoms with Crippen LogP contribution in [-0.2, 0) is 9.84 Å². The number of aryl methyl sites for hydroxylation is 1. The van der Waals surface area contributed by atoms with Gasteiger partial charge in [-0.25, -0.2) is 8.42 Å². The van der Waals surface area contributed by atoms with Crippen LogP contribution in [0.25, 0.3) is 5.57 Å². The smallest absolute Gasteiger partial charge is 0.280 e. The summed E-state index contributed by atoms with van der Waals surface area (Å²) >= 11 is 0. The van der Waals surface area contributed by atoms with E-state index in [1.165, 1.54) is 6.07 Å². The number of nitrogens with zero attached hydrogens (tertiary/aromatic N) is 1. The first kappa shape index (κ1) is 16.9. The summed E-state index contributed by atoms with van der Waals surface area (Å²) in [5, 5.41) is 0. The average Bonchev–Trinajstić information content (AvgIpc) is 2.34. The molecule has 0 aliphatic rings. The summed E-state index contributed by atoms with van der Waals surface area (Å²) in [5.74, 6) is -1.03. The van der Waals surface area contributed by atoms with Gasteiger partial charge in [-0.1, -0.05) is 6.08 Å². The number of allylic oxidation sites excluding steroid dienone is 2. The Morgan fingerprint density at radius 1 is 1.24 bits per heavy atom. The largest absolute Gasteiger partial charge is 0.370 e. The van der Waals surface area contributed by atoms with Crippen molar-refractivity contribution in [3.8, 4) is 0 Å². The number of aliphatic imine (C=N–C) groups is 1. The summed E-state index contributed by atoms with van der Waals surface area (Å²) < 4.78 is 23.9. The van der Waals surface area contributed by atoms with Crippen LogP contribution < -0.4 is 11.5 Å². The topological polar surface area (TPSA) is 116 Å². The molecule has 0 aliphatic heterocycles. The number of carbonyl (C=O) groups is 1. The maximum atomic E-state index is 12.0. The van der Waals surface area contributed by atoms with Crippen LogP contribution in [0.4, 0.5) is 0 Å². The number of amides is 1. The molecule has 0 spiro atoms. The summed E-state index contributed by atoms with van der Waals surface area (Å²) in [4.78, 5) is 15.5. The zero-order valence-corrected chi connectivity index (χ0v) is 13.3. The summed E-state index contributed by atoms with van der Waals surface area (Å²) in [7, 11) is -3.49. The Labute approximate surface area is 124 Å². The van der Waals surface area contributed by atoms with E-state index in [0.717, 1.165) is 11.8 Å². The SMILES string of the molecule is C/C=C(/C)c1cc(C)c(C(=O)N=C(N)N)cc1S(C)(=O)=O. The number of hydrogen-bond acceptors (Lipinski definition) is 3. The third kappa shape index (κ3) is 3.91. The molecule has 1 rings (SSSR count). The van der Waals surface area contributed by atoms with Gasteiger partial charge in [0, 0.05) is 11.8 Å². The van der Waals surface area contributed by atoms with Crippen molar-refractivity contribution in [2.24, 2.45) is 16.5 Å². The minimum absolute atomic E-state index is 0.0813. The van der Waals surface area contributed by atoms with E-state index in [9.17, 15) is 13.2 Å². The first-order chi connectivity index (χ1) is 9.57. The maximum absolute atomic E-state index is 12.0. The van der Waals surface area contributed by atoms with Gasteiger partial charge in [0.25, 0.3) is 5.91 Å². The van der Waals surface area contributed by atoms with E-state index in [2.05, 4.69) is 4.99 Å². The molecule has 6 nitrogen and oxygen atoms in total. The number of carbonyl (C=O) groups excluding carboxylic acids is 1. The fourth-order valence-corrected chi connectivity index (χ4v) is 2.82. The molecule has 4 N–H and O–H groups in total. The first-order valence-corrected chi connectivity index (χ1v) is 8.09. The summed E-state index contributed by atoms with van der Waals surface area (Å²) in [6, 6.07) is 2.98. The second-order valence-electron chi connectivity index (χ2n) is 4.75. The third-order valence-electron chi connectivity index (χ3n) is 3.04. The number of sulfone groups is 1. The molecule has 0 unspecified atom stereocenters. The lowest BCUT2D eigenvalue weighted by atomic mass is 10.00. The minimum Gasteiger partial charge on any atom is -0.370 e. The van der Waals surface area contributed by atoms with Gasteiger partial charge in [-0.3, -0.25) is 4.79 Å². The molecule has 0 heterocycles. The van der Waals surface area contributed by atoms with Crippen molar-refractivity contribution in [2.45, 2.75) is 25.7 Å². The lowest BCUT2D eigenvalue weighted by molar-refractivity contribution is 0.100. The van der Waals surface area contributed by atoms with Gasteiger partial charge in [-0.05, 0) is 49.6 Å². The van der Waals surface area contributed by atoms with Crippen LogP contribution in [0.5, 0.6) is 0 Å². The van der Waals surface area contributed by atoms with Gasteiger partial charge in [-0.15, -0.1) is 0 Å². The van der Waals surface area contributed by atoms with Crippen molar-refractivity contribution in [2.75, 3.05) is 6.26 Å². The Morgan fingerprint density at radius 3 is 2.24 bits per heavy atom. The van der Waals surface area contributed by atoms with E-state index >= 15 is 0 Å². The quantitative estimate of drug-likeness (QED) is 0.643. The van der Waals surface area contributed by atoms with Gasteiger partial charge in [0.1, 0.15) is 0 Å². The molecule has 1 amide bonds. The molecular formula is C14H19N3O3S. The molecule has 1 aromatic carbocycles. The fourth-order valence-electron chi connectivity index (χ4n) is 1.87. The predicted molar refractivity (Wildman–Crippen MR) is 83.8 cm³/mol. The van der Waals surface area contributed by atoms with Crippen LogP contribution in [0.2, 0.25) is 0 Å². The van der Waals surface area contributed by atoms with E-state index in [1.807, 2.05) is 6.92 Å². The van der Waals surface area contributed by atoms with E-state index in [4.69, 9.17) is 11.5 Å². The van der Waals surface area contributed by atoms with Crippen LogP contribution in [0.1, 0.15) is 35.3 Å². The van der Waals surface area contributed by atoms with Gasteiger partial charge >= 0.3 is 0 Å². The highest BCUT2D eigenvalue weighted by Gasteiger charge is 2.19. The molecule has 114 valence electrons. The average molecular weight is 309 g/mol. The molecule has 0 atom stereocenters. The van der Waals surface area contributed by atoms with Crippen LogP contribution in [0.15, 0.2) is 28.1 Å². The number of benzene rings is 1. The molecule has 0 saturated carbocycles. The molecule has 0 bridgehead atoms. The second kappa shape index (κ2) is 6.09. The Balaban J connectivity index is 3.68. The van der Waals surface area contributed by atoms with Crippen molar-refractivity contribution in [1.82, 2.24) is 0 Å². The van der Waals surface area contributed by atoms with Crippen LogP contribution in [-0.4, -0.2) is 26.5 Å². The van der Waals surface area contributed by atoms with Gasteiger partial charge in [0.05, 0.1) is 4.90 Å². The molecule has 21 heavy (non-hydrogen) atoms. The van der Waals surface area contributed by atoms with Crippen LogP contribution >= 0.6 is 0 Å². The minimum atomic E-state index is -3.49. The Bertz CT molecular complexity index is 743. The Hall–Kier alpha value is -2.15. The fraction of sp³-hybridized carbons (Fsp3) is 0.286. The Kier molecular flexibility index (Phi) is 4.90. The second-order valence-corrected chi connectivity index (χ2v) is 6.73. The molecule has 0 aliphatic carbocycles. The highest BCUT2D eigenvalue weighted by atomic mass is 32.2. The van der Waals surface area contributed by atoms with Gasteiger partial charge < -0.3 is 11.5 Å². The normalized spacial score (nSPS) is 12.1. The summed E-state index contributed by atoms with van der Waals surface area (Å²) in [6.45, 7) is 5.32. The van der Waals surface area contributed by atoms with Crippen molar-refractivity contribution < 1.29 is 13.2 Å². The van der Waals surface area contributed by atoms with Gasteiger partial charge in [0.2, 0.25) is 0 Å². The first-order valence-electron chi connectivity index (χ1n) is 6.20. The maximum Gasteiger partial charge on any atom is 0.280 e. The molecular weight excluding hydrogens is 290 g/mol. The van der Waals surface area contributed by atoms with Crippen molar-refractivity contribution in [1.29, 1.82) is 0 Å². The van der Waals surface area contributed by atoms with Gasteiger partial charge in [0.15, 0.2) is 15.8 Å². The van der Waals surface area contributed by atoms with E-state index < -0.39 is 15.7 Å². The van der Waals surface area contributed by atoms with Crippen LogP contribution in [0.3, 0.4) is 0 Å². The zero-order chi connectivity index (χ0) is 16.4. The molecule has 1 aromatic rings. The number of nitrogens with two attached hydrogens (primary N) is 2. The van der Waals surface area contributed by atoms with Crippen molar-refractivity contribution in [3.05, 3.63) is 34.9 Å². The zero-order valence-electron chi connectivity index (χ0n) is 12.5. The highest BCUT2D eigenvalue weighted by molar-refractivity contribution is 7.90. The van der Waals surface area contributed by atoms with E-state index in [0.29, 0.717) is 11.1 Å². The van der Waals surface area contributed by atoms with Crippen molar-refractivity contribution in [3.63, 3.8) is 0 Å². The van der Waals surface area contributed by atoms with E-state index in [1.54, 1.807) is 26.0 Å². The number of rotatable bonds is 3. The third-order valence-corrected chi connectivity index (χ3v) is 4.18. The monoisotopic (exact) mass is 309 g/mol. The van der Waals surface area contributed by atoms with Gasteiger partial charge in [-0.2, -0.15) is 4.99 Å². The predicted octanol–water partition coefficient (Wildman–Crippen LogP) is 1.24. The standard InChI is InChI=1S/C14H19N3O3S/c1-5-8(2)10-6-9(3)11(13(18)17-14(15)16)7-12(10)21(4,19)20/h5-7H,1-4H3,(H4,15,16,17,18)/b8-5-. The summed E-state index contributed by atoms with van der Waals surface area (Å²) in [5.41, 5.74) is 12.5. The molecule has 0 radical (unpaired) electrons. The van der Waals surface area contributed by atoms with Crippen LogP contribution in [0, 0.1) is 6.92 Å². The lowest BCUT2D eigenvalue weighted by Gasteiger charge is -2.12. The molecule has 0 aromatic heterocycles. The van der Waals surface area contributed by atoms with E-state index in [-0.39, 0.29) is 16.4 Å².